The summed E-state index contributed by atoms with van der Waals surface area (Å²) < 4.78 is 10.7. The zero-order valence-corrected chi connectivity index (χ0v) is 17.2. The van der Waals surface area contributed by atoms with Crippen molar-refractivity contribution in [3.05, 3.63) is 54.1 Å². The van der Waals surface area contributed by atoms with Crippen LogP contribution in [0.3, 0.4) is 0 Å². The van der Waals surface area contributed by atoms with Gasteiger partial charge in [0.1, 0.15) is 5.75 Å². The number of amides is 2. The third-order valence-electron chi connectivity index (χ3n) is 4.84. The molecule has 0 spiro atoms. The van der Waals surface area contributed by atoms with Crippen molar-refractivity contribution in [3.8, 4) is 5.75 Å². The second-order valence-corrected chi connectivity index (χ2v) is 7.22. The Bertz CT molecular complexity index is 910. The Hall–Kier alpha value is -3.35. The minimum atomic E-state index is -0.597. The second kappa shape index (κ2) is 9.91. The number of carbonyl (C=O) groups is 3. The molecule has 2 aromatic rings. The van der Waals surface area contributed by atoms with Gasteiger partial charge >= 0.3 is 5.97 Å². The van der Waals surface area contributed by atoms with Crippen LogP contribution in [0, 0.1) is 12.8 Å². The number of nitrogens with one attached hydrogen (secondary N) is 1. The van der Waals surface area contributed by atoms with Gasteiger partial charge in [-0.3, -0.25) is 14.4 Å². The monoisotopic (exact) mass is 410 g/mol. The lowest BCUT2D eigenvalue weighted by Crippen LogP contribution is -2.28. The molecule has 0 aliphatic carbocycles. The number of benzene rings is 2. The quantitative estimate of drug-likeness (QED) is 0.675. The number of hydrogen-bond donors (Lipinski definition) is 1. The SMILES string of the molecule is CCCOc1ccc(N2CC(C(=O)OCC(=O)Nc3ccccc3C)CC2=O)cc1. The van der Waals surface area contributed by atoms with Gasteiger partial charge in [-0.05, 0) is 49.2 Å². The third kappa shape index (κ3) is 5.37. The van der Waals surface area contributed by atoms with Crippen molar-refractivity contribution in [3.63, 3.8) is 0 Å². The van der Waals surface area contributed by atoms with Crippen LogP contribution in [-0.2, 0) is 19.1 Å². The van der Waals surface area contributed by atoms with Gasteiger partial charge in [-0.2, -0.15) is 0 Å². The molecule has 1 unspecified atom stereocenters. The van der Waals surface area contributed by atoms with Gasteiger partial charge in [0.15, 0.2) is 6.61 Å². The van der Waals surface area contributed by atoms with Crippen molar-refractivity contribution < 1.29 is 23.9 Å². The highest BCUT2D eigenvalue weighted by Gasteiger charge is 2.36. The predicted octanol–water partition coefficient (Wildman–Crippen LogP) is 3.32. The van der Waals surface area contributed by atoms with Crippen molar-refractivity contribution >= 4 is 29.2 Å². The second-order valence-electron chi connectivity index (χ2n) is 7.22. The summed E-state index contributed by atoms with van der Waals surface area (Å²) in [4.78, 5) is 38.4. The molecule has 1 fully saturated rings. The van der Waals surface area contributed by atoms with Crippen molar-refractivity contribution in [2.45, 2.75) is 26.7 Å². The number of anilines is 2. The van der Waals surface area contributed by atoms with E-state index in [0.717, 1.165) is 17.7 Å². The van der Waals surface area contributed by atoms with Crippen LogP contribution < -0.4 is 15.0 Å². The standard InChI is InChI=1S/C23H26N2O5/c1-3-12-29-19-10-8-18(9-11-19)25-14-17(13-22(25)27)23(28)30-15-21(26)24-20-7-5-4-6-16(20)2/h4-11,17H,3,12-15H2,1-2H3,(H,24,26). The van der Waals surface area contributed by atoms with Crippen molar-refractivity contribution in [2.24, 2.45) is 5.92 Å². The molecule has 1 heterocycles. The number of esters is 1. The number of hydrogen-bond acceptors (Lipinski definition) is 5. The lowest BCUT2D eigenvalue weighted by atomic mass is 10.1. The Kier molecular flexibility index (Phi) is 7.06. The van der Waals surface area contributed by atoms with Crippen molar-refractivity contribution in [1.82, 2.24) is 0 Å². The fraction of sp³-hybridized carbons (Fsp3) is 0.348. The lowest BCUT2D eigenvalue weighted by Gasteiger charge is -2.17. The Labute approximate surface area is 176 Å². The molecule has 0 bridgehead atoms. The number of aryl methyl sites for hydroxylation is 1. The molecule has 0 radical (unpaired) electrons. The van der Waals surface area contributed by atoms with E-state index >= 15 is 0 Å². The molecule has 2 amide bonds. The minimum absolute atomic E-state index is 0.0618. The molecule has 1 aliphatic rings. The number of ether oxygens (including phenoxy) is 2. The average molecular weight is 410 g/mol. The summed E-state index contributed by atoms with van der Waals surface area (Å²) in [5, 5.41) is 2.71. The first kappa shape index (κ1) is 21.4. The molecule has 7 heteroatoms. The summed E-state index contributed by atoms with van der Waals surface area (Å²) in [6.45, 7) is 4.38. The topological polar surface area (TPSA) is 84.9 Å². The lowest BCUT2D eigenvalue weighted by molar-refractivity contribution is -0.151. The van der Waals surface area contributed by atoms with Gasteiger partial charge in [0.2, 0.25) is 5.91 Å². The maximum atomic E-state index is 12.4. The van der Waals surface area contributed by atoms with Gasteiger partial charge in [0.25, 0.3) is 5.91 Å². The number of para-hydroxylation sites is 1. The van der Waals surface area contributed by atoms with Crippen LogP contribution in [0.4, 0.5) is 11.4 Å². The third-order valence-corrected chi connectivity index (χ3v) is 4.84. The van der Waals surface area contributed by atoms with Crippen molar-refractivity contribution in [2.75, 3.05) is 30.0 Å². The Morgan fingerprint density at radius 2 is 1.87 bits per heavy atom. The Morgan fingerprint density at radius 3 is 2.57 bits per heavy atom. The predicted molar refractivity (Wildman–Crippen MR) is 113 cm³/mol. The van der Waals surface area contributed by atoms with Crippen LogP contribution in [0.15, 0.2) is 48.5 Å². The number of carbonyl (C=O) groups excluding carboxylic acids is 3. The molecule has 0 saturated carbocycles. The van der Waals surface area contributed by atoms with Gasteiger partial charge < -0.3 is 19.7 Å². The first-order valence-corrected chi connectivity index (χ1v) is 10.0. The van der Waals surface area contributed by atoms with Gasteiger partial charge in [-0.1, -0.05) is 25.1 Å². The minimum Gasteiger partial charge on any atom is -0.494 e. The van der Waals surface area contributed by atoms with E-state index in [1.54, 1.807) is 35.2 Å². The maximum Gasteiger partial charge on any atom is 0.311 e. The maximum absolute atomic E-state index is 12.4. The van der Waals surface area contributed by atoms with Gasteiger partial charge in [0.05, 0.1) is 12.5 Å². The van der Waals surface area contributed by atoms with Crippen molar-refractivity contribution in [1.29, 1.82) is 0 Å². The fourth-order valence-electron chi connectivity index (χ4n) is 3.21. The summed E-state index contributed by atoms with van der Waals surface area (Å²) in [7, 11) is 0. The summed E-state index contributed by atoms with van der Waals surface area (Å²) in [6.07, 6.45) is 0.978. The summed E-state index contributed by atoms with van der Waals surface area (Å²) in [5.74, 6) is -0.971. The van der Waals surface area contributed by atoms with E-state index < -0.39 is 17.8 Å². The van der Waals surface area contributed by atoms with E-state index in [4.69, 9.17) is 9.47 Å². The molecule has 158 valence electrons. The normalized spacial score (nSPS) is 15.7. The van der Waals surface area contributed by atoms with Crippen LogP contribution in [0.25, 0.3) is 0 Å². The van der Waals surface area contributed by atoms with E-state index in [1.807, 2.05) is 32.0 Å². The molecule has 1 saturated heterocycles. The molecular formula is C23H26N2O5. The molecule has 3 rings (SSSR count). The highest BCUT2D eigenvalue weighted by atomic mass is 16.5. The van der Waals surface area contributed by atoms with Crippen LogP contribution in [0.1, 0.15) is 25.3 Å². The molecule has 0 aromatic heterocycles. The summed E-state index contributed by atoms with van der Waals surface area (Å²) >= 11 is 0. The molecule has 2 aromatic carbocycles. The van der Waals surface area contributed by atoms with Crippen LogP contribution in [0.2, 0.25) is 0 Å². The molecule has 1 N–H and O–H groups in total. The van der Waals surface area contributed by atoms with Gasteiger partial charge in [-0.25, -0.2) is 0 Å². The van der Waals surface area contributed by atoms with E-state index in [1.165, 1.54) is 0 Å². The molecule has 30 heavy (non-hydrogen) atoms. The van der Waals surface area contributed by atoms with E-state index in [9.17, 15) is 14.4 Å². The van der Waals surface area contributed by atoms with E-state index in [-0.39, 0.29) is 25.5 Å². The number of rotatable bonds is 8. The zero-order chi connectivity index (χ0) is 21.5. The molecular weight excluding hydrogens is 384 g/mol. The Balaban J connectivity index is 1.51. The summed E-state index contributed by atoms with van der Waals surface area (Å²) in [5.41, 5.74) is 2.30. The van der Waals surface area contributed by atoms with E-state index in [2.05, 4.69) is 5.32 Å². The van der Waals surface area contributed by atoms with Crippen LogP contribution in [-0.4, -0.2) is 37.5 Å². The molecule has 7 nitrogen and oxygen atoms in total. The largest absolute Gasteiger partial charge is 0.494 e. The smallest absolute Gasteiger partial charge is 0.311 e. The van der Waals surface area contributed by atoms with Gasteiger partial charge in [-0.15, -0.1) is 0 Å². The zero-order valence-electron chi connectivity index (χ0n) is 17.2. The molecule has 1 aliphatic heterocycles. The Morgan fingerprint density at radius 1 is 1.13 bits per heavy atom. The van der Waals surface area contributed by atoms with Crippen LogP contribution >= 0.6 is 0 Å². The fourth-order valence-corrected chi connectivity index (χ4v) is 3.21. The first-order valence-electron chi connectivity index (χ1n) is 10.0. The molecule has 1 atom stereocenters. The van der Waals surface area contributed by atoms with Crippen LogP contribution in [0.5, 0.6) is 5.75 Å². The highest BCUT2D eigenvalue weighted by Crippen LogP contribution is 2.27. The summed E-state index contributed by atoms with van der Waals surface area (Å²) in [6, 6.07) is 14.6. The highest BCUT2D eigenvalue weighted by molar-refractivity contribution is 6.00. The van der Waals surface area contributed by atoms with Gasteiger partial charge in [0, 0.05) is 24.3 Å². The first-order chi connectivity index (χ1) is 14.5. The average Bonchev–Trinajstić information content (AvgIpc) is 3.14. The number of nitrogens with zero attached hydrogens (tertiary/aromatic N) is 1. The van der Waals surface area contributed by atoms with E-state index in [0.29, 0.717) is 18.0 Å².